The molecule has 0 saturated heterocycles. The number of hydrogen-bond donors (Lipinski definition) is 1. The van der Waals surface area contributed by atoms with E-state index in [1.807, 2.05) is 6.08 Å². The minimum atomic E-state index is 0.466. The van der Waals surface area contributed by atoms with Gasteiger partial charge in [-0.05, 0) is 38.0 Å². The van der Waals surface area contributed by atoms with Gasteiger partial charge in [0.1, 0.15) is 0 Å². The van der Waals surface area contributed by atoms with Gasteiger partial charge in [0.25, 0.3) is 0 Å². The number of nitrogens with zero attached hydrogens (tertiary/aromatic N) is 1. The molecule has 0 aromatic heterocycles. The highest BCUT2D eigenvalue weighted by atomic mass is 15.2. The molecule has 2 rings (SSSR count). The molecule has 0 radical (unpaired) electrons. The van der Waals surface area contributed by atoms with E-state index in [1.54, 1.807) is 0 Å². The van der Waals surface area contributed by atoms with E-state index in [-0.39, 0.29) is 0 Å². The number of rotatable bonds is 5. The molecular weight excluding hydrogens is 184 g/mol. The Hall–Kier alpha value is -0.340. The molecule has 0 heterocycles. The summed E-state index contributed by atoms with van der Waals surface area (Å²) < 4.78 is 0. The van der Waals surface area contributed by atoms with Crippen molar-refractivity contribution < 1.29 is 0 Å². The predicted octanol–water partition coefficient (Wildman–Crippen LogP) is 2.15. The summed E-state index contributed by atoms with van der Waals surface area (Å²) in [7, 11) is 0. The van der Waals surface area contributed by atoms with Gasteiger partial charge in [-0.2, -0.15) is 0 Å². The summed E-state index contributed by atoms with van der Waals surface area (Å²) in [6.07, 6.45) is 10.0. The highest BCUT2D eigenvalue weighted by Gasteiger charge is 2.30. The first-order valence-electron chi connectivity index (χ1n) is 6.40. The van der Waals surface area contributed by atoms with Crippen molar-refractivity contribution in [1.29, 1.82) is 0 Å². The van der Waals surface area contributed by atoms with Crippen molar-refractivity contribution in [1.82, 2.24) is 4.90 Å². The van der Waals surface area contributed by atoms with Crippen LogP contribution in [0.1, 0.15) is 38.5 Å². The van der Waals surface area contributed by atoms with Crippen LogP contribution in [0.15, 0.2) is 12.7 Å². The summed E-state index contributed by atoms with van der Waals surface area (Å²) in [5.41, 5.74) is 6.03. The van der Waals surface area contributed by atoms with Crippen molar-refractivity contribution in [3.63, 3.8) is 0 Å². The average molecular weight is 208 g/mol. The Labute approximate surface area is 93.5 Å². The van der Waals surface area contributed by atoms with E-state index in [2.05, 4.69) is 11.5 Å². The van der Waals surface area contributed by atoms with Gasteiger partial charge in [-0.3, -0.25) is 4.90 Å². The molecule has 2 heteroatoms. The lowest BCUT2D eigenvalue weighted by molar-refractivity contribution is 0.200. The SMILES string of the molecule is C=CCN(CC1CCCC(N)C1)C1CC1. The minimum absolute atomic E-state index is 0.466. The molecule has 0 bridgehead atoms. The van der Waals surface area contributed by atoms with Crippen LogP contribution >= 0.6 is 0 Å². The van der Waals surface area contributed by atoms with Crippen LogP contribution in [-0.2, 0) is 0 Å². The fraction of sp³-hybridized carbons (Fsp3) is 0.846. The van der Waals surface area contributed by atoms with Gasteiger partial charge >= 0.3 is 0 Å². The maximum Gasteiger partial charge on any atom is 0.0163 e. The Morgan fingerprint density at radius 2 is 2.07 bits per heavy atom. The molecule has 2 unspecified atom stereocenters. The standard InChI is InChI=1S/C13H24N2/c1-2-8-15(13-6-7-13)10-11-4-3-5-12(14)9-11/h2,11-13H,1,3-10,14H2. The van der Waals surface area contributed by atoms with Crippen molar-refractivity contribution in [2.75, 3.05) is 13.1 Å². The molecule has 2 atom stereocenters. The molecule has 2 aliphatic carbocycles. The zero-order chi connectivity index (χ0) is 10.7. The van der Waals surface area contributed by atoms with Crippen LogP contribution in [0.2, 0.25) is 0 Å². The third-order valence-electron chi connectivity index (χ3n) is 3.74. The largest absolute Gasteiger partial charge is 0.328 e. The summed E-state index contributed by atoms with van der Waals surface area (Å²) >= 11 is 0. The van der Waals surface area contributed by atoms with Crippen molar-refractivity contribution in [3.8, 4) is 0 Å². The topological polar surface area (TPSA) is 29.3 Å². The number of nitrogens with two attached hydrogens (primary N) is 1. The molecule has 0 aliphatic heterocycles. The lowest BCUT2D eigenvalue weighted by Crippen LogP contribution is -2.37. The van der Waals surface area contributed by atoms with Gasteiger partial charge in [0.15, 0.2) is 0 Å². The van der Waals surface area contributed by atoms with Crippen LogP contribution in [0, 0.1) is 5.92 Å². The number of hydrogen-bond acceptors (Lipinski definition) is 2. The minimum Gasteiger partial charge on any atom is -0.328 e. The Morgan fingerprint density at radius 3 is 2.67 bits per heavy atom. The normalized spacial score (nSPS) is 31.9. The lowest BCUT2D eigenvalue weighted by Gasteiger charge is -2.31. The molecule has 2 saturated carbocycles. The molecule has 2 fully saturated rings. The van der Waals surface area contributed by atoms with E-state index >= 15 is 0 Å². The van der Waals surface area contributed by atoms with Gasteiger partial charge in [-0.1, -0.05) is 12.5 Å². The quantitative estimate of drug-likeness (QED) is 0.702. The second kappa shape index (κ2) is 5.13. The molecule has 86 valence electrons. The molecule has 15 heavy (non-hydrogen) atoms. The zero-order valence-corrected chi connectivity index (χ0v) is 9.70. The van der Waals surface area contributed by atoms with Crippen LogP contribution < -0.4 is 5.73 Å². The van der Waals surface area contributed by atoms with Gasteiger partial charge in [0, 0.05) is 25.2 Å². The fourth-order valence-corrected chi connectivity index (χ4v) is 2.81. The molecule has 2 nitrogen and oxygen atoms in total. The highest BCUT2D eigenvalue weighted by Crippen LogP contribution is 2.30. The summed E-state index contributed by atoms with van der Waals surface area (Å²) in [4.78, 5) is 2.61. The molecule has 2 aliphatic rings. The smallest absolute Gasteiger partial charge is 0.0163 e. The van der Waals surface area contributed by atoms with E-state index in [0.717, 1.165) is 18.5 Å². The summed E-state index contributed by atoms with van der Waals surface area (Å²) in [5.74, 6) is 0.842. The molecule has 2 N–H and O–H groups in total. The first-order valence-corrected chi connectivity index (χ1v) is 6.40. The molecule has 0 aromatic rings. The van der Waals surface area contributed by atoms with Crippen molar-refractivity contribution >= 4 is 0 Å². The van der Waals surface area contributed by atoms with Crippen molar-refractivity contribution in [2.24, 2.45) is 11.7 Å². The summed E-state index contributed by atoms with van der Waals surface area (Å²) in [6.45, 7) is 6.17. The van der Waals surface area contributed by atoms with Crippen LogP contribution in [0.5, 0.6) is 0 Å². The highest BCUT2D eigenvalue weighted by molar-refractivity contribution is 4.90. The van der Waals surface area contributed by atoms with Crippen LogP contribution in [-0.4, -0.2) is 30.1 Å². The average Bonchev–Trinajstić information content (AvgIpc) is 3.00. The van der Waals surface area contributed by atoms with Gasteiger partial charge in [0.05, 0.1) is 0 Å². The Bertz CT molecular complexity index is 211. The van der Waals surface area contributed by atoms with Gasteiger partial charge < -0.3 is 5.73 Å². The van der Waals surface area contributed by atoms with Crippen molar-refractivity contribution in [2.45, 2.75) is 50.6 Å². The maximum absolute atomic E-state index is 6.03. The fourth-order valence-electron chi connectivity index (χ4n) is 2.81. The van der Waals surface area contributed by atoms with Crippen LogP contribution in [0.25, 0.3) is 0 Å². The van der Waals surface area contributed by atoms with E-state index in [1.165, 1.54) is 45.1 Å². The van der Waals surface area contributed by atoms with E-state index in [9.17, 15) is 0 Å². The second-order valence-electron chi connectivity index (χ2n) is 5.27. The van der Waals surface area contributed by atoms with Gasteiger partial charge in [-0.15, -0.1) is 6.58 Å². The Balaban J connectivity index is 1.79. The first kappa shape index (κ1) is 11.2. The van der Waals surface area contributed by atoms with E-state index in [0.29, 0.717) is 6.04 Å². The summed E-state index contributed by atoms with van der Waals surface area (Å²) in [6, 6.07) is 1.33. The first-order chi connectivity index (χ1) is 7.29. The van der Waals surface area contributed by atoms with E-state index < -0.39 is 0 Å². The molecule has 0 amide bonds. The Kier molecular flexibility index (Phi) is 3.81. The zero-order valence-electron chi connectivity index (χ0n) is 9.70. The third kappa shape index (κ3) is 3.32. The molecular formula is C13H24N2. The van der Waals surface area contributed by atoms with Crippen LogP contribution in [0.4, 0.5) is 0 Å². The summed E-state index contributed by atoms with van der Waals surface area (Å²) in [5, 5.41) is 0. The van der Waals surface area contributed by atoms with E-state index in [4.69, 9.17) is 5.73 Å². The van der Waals surface area contributed by atoms with Gasteiger partial charge in [0.2, 0.25) is 0 Å². The maximum atomic E-state index is 6.03. The molecule has 0 aromatic carbocycles. The van der Waals surface area contributed by atoms with Crippen LogP contribution in [0.3, 0.4) is 0 Å². The monoisotopic (exact) mass is 208 g/mol. The van der Waals surface area contributed by atoms with Gasteiger partial charge in [-0.25, -0.2) is 0 Å². The lowest BCUT2D eigenvalue weighted by atomic mass is 9.86. The second-order valence-corrected chi connectivity index (χ2v) is 5.27. The van der Waals surface area contributed by atoms with Crippen molar-refractivity contribution in [3.05, 3.63) is 12.7 Å². The predicted molar refractivity (Wildman–Crippen MR) is 64.7 cm³/mol. The molecule has 0 spiro atoms. The Morgan fingerprint density at radius 1 is 1.27 bits per heavy atom. The third-order valence-corrected chi connectivity index (χ3v) is 3.74.